The first-order chi connectivity index (χ1) is 9.24. The Kier molecular flexibility index (Phi) is 8.31. The van der Waals surface area contributed by atoms with Gasteiger partial charge in [0, 0.05) is 24.9 Å². The van der Waals surface area contributed by atoms with Crippen molar-refractivity contribution >= 4 is 11.8 Å². The number of aliphatic hydroxyl groups is 4. The zero-order valence-corrected chi connectivity index (χ0v) is 11.8. The van der Waals surface area contributed by atoms with Crippen LogP contribution in [0.15, 0.2) is 0 Å². The lowest BCUT2D eigenvalue weighted by atomic mass is 9.87. The molecule has 0 radical (unpaired) electrons. The minimum Gasteiger partial charge on any atom is -0.396 e. The van der Waals surface area contributed by atoms with E-state index in [1.165, 1.54) is 0 Å². The normalized spacial score (nSPS) is 14.5. The molecule has 20 heavy (non-hydrogen) atoms. The molecule has 0 aromatic heterocycles. The van der Waals surface area contributed by atoms with Gasteiger partial charge in [-0.3, -0.25) is 9.59 Å². The maximum Gasteiger partial charge on any atom is 0.249 e. The monoisotopic (exact) mass is 292 g/mol. The molecule has 0 heterocycles. The van der Waals surface area contributed by atoms with E-state index in [1.54, 1.807) is 13.8 Å². The van der Waals surface area contributed by atoms with Crippen molar-refractivity contribution in [3.63, 3.8) is 0 Å². The van der Waals surface area contributed by atoms with Crippen molar-refractivity contribution in [2.75, 3.05) is 26.3 Å². The molecule has 8 nitrogen and oxygen atoms in total. The number of hydrogen-bond donors (Lipinski definition) is 6. The molecule has 8 heteroatoms. The van der Waals surface area contributed by atoms with Gasteiger partial charge in [-0.05, 0) is 0 Å². The lowest BCUT2D eigenvalue weighted by Crippen LogP contribution is -2.46. The fourth-order valence-electron chi connectivity index (χ4n) is 1.22. The first-order valence-electron chi connectivity index (χ1n) is 6.37. The molecule has 2 amide bonds. The molecule has 0 aromatic rings. The molecule has 0 bridgehead atoms. The van der Waals surface area contributed by atoms with E-state index in [0.717, 1.165) is 0 Å². The first-order valence-corrected chi connectivity index (χ1v) is 6.37. The molecule has 0 aliphatic rings. The van der Waals surface area contributed by atoms with E-state index in [2.05, 4.69) is 10.6 Å². The van der Waals surface area contributed by atoms with Gasteiger partial charge >= 0.3 is 0 Å². The van der Waals surface area contributed by atoms with E-state index >= 15 is 0 Å². The summed E-state index contributed by atoms with van der Waals surface area (Å²) in [5, 5.41) is 41.0. The van der Waals surface area contributed by atoms with Crippen LogP contribution in [0.25, 0.3) is 0 Å². The minimum atomic E-state index is -1.37. The Bertz CT molecular complexity index is 321. The number of hydrogen-bond acceptors (Lipinski definition) is 6. The molecule has 118 valence electrons. The Morgan fingerprint density at radius 3 is 2.25 bits per heavy atom. The van der Waals surface area contributed by atoms with Gasteiger partial charge in [-0.2, -0.15) is 0 Å². The highest BCUT2D eigenvalue weighted by Gasteiger charge is 2.32. The fraction of sp³-hybridized carbons (Fsp3) is 0.833. The average Bonchev–Trinajstić information content (AvgIpc) is 2.43. The molecule has 2 atom stereocenters. The molecule has 0 rings (SSSR count). The molecule has 0 fully saturated rings. The van der Waals surface area contributed by atoms with Crippen LogP contribution in [0.4, 0.5) is 0 Å². The molecular formula is C12H24N2O6. The van der Waals surface area contributed by atoms with Gasteiger partial charge in [-0.1, -0.05) is 13.8 Å². The van der Waals surface area contributed by atoms with Crippen LogP contribution in [0, 0.1) is 5.41 Å². The first kappa shape index (κ1) is 18.8. The van der Waals surface area contributed by atoms with Crippen molar-refractivity contribution in [2.24, 2.45) is 5.41 Å². The van der Waals surface area contributed by atoms with Gasteiger partial charge in [-0.25, -0.2) is 0 Å². The van der Waals surface area contributed by atoms with Crippen LogP contribution < -0.4 is 10.6 Å². The number of carbonyl (C=O) groups excluding carboxylic acids is 2. The average molecular weight is 292 g/mol. The third kappa shape index (κ3) is 6.80. The van der Waals surface area contributed by atoms with Crippen LogP contribution in [-0.2, 0) is 9.59 Å². The Morgan fingerprint density at radius 2 is 1.75 bits per heavy atom. The largest absolute Gasteiger partial charge is 0.396 e. The van der Waals surface area contributed by atoms with Crippen LogP contribution in [0.2, 0.25) is 0 Å². The van der Waals surface area contributed by atoms with Gasteiger partial charge in [0.25, 0.3) is 0 Å². The Hall–Kier alpha value is -1.22. The second kappa shape index (κ2) is 8.85. The summed E-state index contributed by atoms with van der Waals surface area (Å²) < 4.78 is 0. The quantitative estimate of drug-likeness (QED) is 0.274. The lowest BCUT2D eigenvalue weighted by Gasteiger charge is -2.27. The van der Waals surface area contributed by atoms with E-state index < -0.39 is 36.0 Å². The number of aliphatic hydroxyl groups excluding tert-OH is 4. The maximum absolute atomic E-state index is 11.6. The Balaban J connectivity index is 3.95. The van der Waals surface area contributed by atoms with E-state index in [1.807, 2.05) is 0 Å². The molecule has 0 aliphatic carbocycles. The predicted molar refractivity (Wildman–Crippen MR) is 70.6 cm³/mol. The fourth-order valence-corrected chi connectivity index (χ4v) is 1.22. The Labute approximate surface area is 117 Å². The minimum absolute atomic E-state index is 0.0177. The van der Waals surface area contributed by atoms with Crippen LogP contribution in [0.3, 0.4) is 0 Å². The zero-order chi connectivity index (χ0) is 15.8. The summed E-state index contributed by atoms with van der Waals surface area (Å²) in [5.41, 5.74) is -0.961. The topological polar surface area (TPSA) is 139 Å². The summed E-state index contributed by atoms with van der Waals surface area (Å²) in [4.78, 5) is 22.9. The molecule has 0 spiro atoms. The van der Waals surface area contributed by atoms with Crippen molar-refractivity contribution in [1.82, 2.24) is 10.6 Å². The third-order valence-electron chi connectivity index (χ3n) is 2.79. The SMILES string of the molecule is CC(C)(CO)[C@H](O)C(=O)NCCC(=O)NC[C@H](O)CO. The highest BCUT2D eigenvalue weighted by molar-refractivity contribution is 5.82. The maximum atomic E-state index is 11.6. The van der Waals surface area contributed by atoms with E-state index in [4.69, 9.17) is 15.3 Å². The van der Waals surface area contributed by atoms with Gasteiger partial charge in [0.05, 0.1) is 19.3 Å². The second-order valence-corrected chi connectivity index (χ2v) is 5.23. The number of amides is 2. The molecule has 0 aliphatic heterocycles. The number of nitrogens with one attached hydrogen (secondary N) is 2. The molecular weight excluding hydrogens is 268 g/mol. The van der Waals surface area contributed by atoms with E-state index in [9.17, 15) is 14.7 Å². The molecule has 0 saturated carbocycles. The Morgan fingerprint density at radius 1 is 1.15 bits per heavy atom. The van der Waals surface area contributed by atoms with Crippen LogP contribution in [0.1, 0.15) is 20.3 Å². The van der Waals surface area contributed by atoms with Crippen LogP contribution in [0.5, 0.6) is 0 Å². The van der Waals surface area contributed by atoms with Gasteiger partial charge in [0.15, 0.2) is 0 Å². The highest BCUT2D eigenvalue weighted by atomic mass is 16.3. The zero-order valence-electron chi connectivity index (χ0n) is 11.8. The van der Waals surface area contributed by atoms with E-state index in [-0.39, 0.29) is 26.1 Å². The lowest BCUT2D eigenvalue weighted by molar-refractivity contribution is -0.137. The van der Waals surface area contributed by atoms with E-state index in [0.29, 0.717) is 0 Å². The summed E-state index contributed by atoms with van der Waals surface area (Å²) in [7, 11) is 0. The van der Waals surface area contributed by atoms with Gasteiger partial charge in [-0.15, -0.1) is 0 Å². The van der Waals surface area contributed by atoms with Crippen molar-refractivity contribution < 1.29 is 30.0 Å². The number of rotatable bonds is 9. The predicted octanol–water partition coefficient (Wildman–Crippen LogP) is -2.66. The summed E-state index contributed by atoms with van der Waals surface area (Å²) in [6.07, 6.45) is -2.40. The van der Waals surface area contributed by atoms with Crippen molar-refractivity contribution in [2.45, 2.75) is 32.5 Å². The van der Waals surface area contributed by atoms with Gasteiger partial charge < -0.3 is 31.1 Å². The van der Waals surface area contributed by atoms with Crippen LogP contribution >= 0.6 is 0 Å². The summed E-state index contributed by atoms with van der Waals surface area (Å²) in [6, 6.07) is 0. The van der Waals surface area contributed by atoms with Crippen molar-refractivity contribution in [1.29, 1.82) is 0 Å². The van der Waals surface area contributed by atoms with Gasteiger partial charge in [0.2, 0.25) is 11.8 Å². The molecule has 6 N–H and O–H groups in total. The van der Waals surface area contributed by atoms with Gasteiger partial charge in [0.1, 0.15) is 6.10 Å². The smallest absolute Gasteiger partial charge is 0.249 e. The summed E-state index contributed by atoms with van der Waals surface area (Å²) in [6.45, 7) is 2.25. The third-order valence-corrected chi connectivity index (χ3v) is 2.79. The van der Waals surface area contributed by atoms with Crippen LogP contribution in [-0.4, -0.2) is 70.8 Å². The van der Waals surface area contributed by atoms with Crippen molar-refractivity contribution in [3.05, 3.63) is 0 Å². The standard InChI is InChI=1S/C12H24N2O6/c1-12(2,7-16)10(19)11(20)13-4-3-9(18)14-5-8(17)6-15/h8,10,15-17,19H,3-7H2,1-2H3,(H,13,20)(H,14,18)/t8-,10+/m0/s1. The number of carbonyl (C=O) groups is 2. The molecule has 0 aromatic carbocycles. The van der Waals surface area contributed by atoms with Crippen molar-refractivity contribution in [3.8, 4) is 0 Å². The molecule has 0 saturated heterocycles. The highest BCUT2D eigenvalue weighted by Crippen LogP contribution is 2.19. The molecule has 0 unspecified atom stereocenters. The summed E-state index contributed by atoms with van der Waals surface area (Å²) >= 11 is 0. The second-order valence-electron chi connectivity index (χ2n) is 5.23. The summed E-state index contributed by atoms with van der Waals surface area (Å²) in [5.74, 6) is -1.05.